The molecule has 2 fully saturated rings. The van der Waals surface area contributed by atoms with E-state index in [-0.39, 0.29) is 36.4 Å². The molecule has 0 aliphatic carbocycles. The Hall–Kier alpha value is -2.10. The van der Waals surface area contributed by atoms with Gasteiger partial charge in [-0.05, 0) is 12.5 Å². The van der Waals surface area contributed by atoms with Gasteiger partial charge in [0.15, 0.2) is 6.61 Å². The van der Waals surface area contributed by atoms with Gasteiger partial charge in [-0.1, -0.05) is 0 Å². The van der Waals surface area contributed by atoms with Crippen LogP contribution in [0.15, 0.2) is 18.2 Å². The van der Waals surface area contributed by atoms with Gasteiger partial charge in [0.2, 0.25) is 5.75 Å². The normalized spacial score (nSPS) is 20.0. The van der Waals surface area contributed by atoms with Crippen LogP contribution in [-0.4, -0.2) is 79.7 Å². The molecule has 2 aliphatic rings. The number of nitro benzene ring substituents is 1. The summed E-state index contributed by atoms with van der Waals surface area (Å²) in [7, 11) is 1.36. The standard InChI is InChI=1S/C17H24N4O5.ClH/c1-25-16-10-14(2-3-15(16)21(23)24)26-12-17(22)20-7-4-13(11-20)19-8-5-18-6-9-19;/h2-3,10,13,18H,4-9,11-12H2,1H3;1H. The minimum absolute atomic E-state index is 0. The summed E-state index contributed by atoms with van der Waals surface area (Å²) in [5.41, 5.74) is -0.135. The topological polar surface area (TPSA) is 97.2 Å². The third-order valence-corrected chi connectivity index (χ3v) is 4.89. The molecule has 150 valence electrons. The zero-order valence-electron chi connectivity index (χ0n) is 15.3. The summed E-state index contributed by atoms with van der Waals surface area (Å²) in [4.78, 5) is 27.1. The number of ether oxygens (including phenoxy) is 2. The third kappa shape index (κ3) is 5.21. The fourth-order valence-corrected chi connectivity index (χ4v) is 3.45. The fourth-order valence-electron chi connectivity index (χ4n) is 3.45. The summed E-state index contributed by atoms with van der Waals surface area (Å²) >= 11 is 0. The maximum atomic E-state index is 12.4. The minimum Gasteiger partial charge on any atom is -0.490 e. The molecule has 1 atom stereocenters. The van der Waals surface area contributed by atoms with E-state index in [0.717, 1.165) is 45.7 Å². The summed E-state index contributed by atoms with van der Waals surface area (Å²) in [6.07, 6.45) is 0.983. The molecule has 27 heavy (non-hydrogen) atoms. The number of amides is 1. The summed E-state index contributed by atoms with van der Waals surface area (Å²) in [5, 5.41) is 14.2. The maximum Gasteiger partial charge on any atom is 0.311 e. The van der Waals surface area contributed by atoms with Crippen molar-refractivity contribution < 1.29 is 19.2 Å². The molecule has 0 bridgehead atoms. The molecule has 1 aromatic rings. The number of methoxy groups -OCH3 is 1. The molecule has 3 rings (SSSR count). The number of carbonyl (C=O) groups excluding carboxylic acids is 1. The van der Waals surface area contributed by atoms with Crippen LogP contribution in [0.25, 0.3) is 0 Å². The van der Waals surface area contributed by atoms with Gasteiger partial charge < -0.3 is 19.7 Å². The summed E-state index contributed by atoms with van der Waals surface area (Å²) in [6.45, 7) is 5.41. The van der Waals surface area contributed by atoms with E-state index in [9.17, 15) is 14.9 Å². The minimum atomic E-state index is -0.520. The third-order valence-electron chi connectivity index (χ3n) is 4.89. The van der Waals surface area contributed by atoms with Crippen LogP contribution in [0.5, 0.6) is 11.5 Å². The second-order valence-electron chi connectivity index (χ2n) is 6.45. The van der Waals surface area contributed by atoms with E-state index in [4.69, 9.17) is 9.47 Å². The first kappa shape index (κ1) is 21.2. The summed E-state index contributed by atoms with van der Waals surface area (Å²) < 4.78 is 10.5. The van der Waals surface area contributed by atoms with Crippen molar-refractivity contribution in [2.75, 3.05) is 53.0 Å². The van der Waals surface area contributed by atoms with Crippen LogP contribution in [0.4, 0.5) is 5.69 Å². The molecule has 1 aromatic carbocycles. The van der Waals surface area contributed by atoms with Gasteiger partial charge in [0.1, 0.15) is 5.75 Å². The van der Waals surface area contributed by atoms with Crippen molar-refractivity contribution in [1.29, 1.82) is 0 Å². The van der Waals surface area contributed by atoms with E-state index < -0.39 is 4.92 Å². The highest BCUT2D eigenvalue weighted by molar-refractivity contribution is 5.85. The van der Waals surface area contributed by atoms with Gasteiger partial charge in [-0.3, -0.25) is 19.8 Å². The number of hydrogen-bond acceptors (Lipinski definition) is 7. The van der Waals surface area contributed by atoms with E-state index in [1.54, 1.807) is 0 Å². The molecule has 0 saturated carbocycles. The van der Waals surface area contributed by atoms with E-state index in [0.29, 0.717) is 11.8 Å². The monoisotopic (exact) mass is 400 g/mol. The number of hydrogen-bond donors (Lipinski definition) is 1. The first-order valence-electron chi connectivity index (χ1n) is 8.76. The maximum absolute atomic E-state index is 12.4. The van der Waals surface area contributed by atoms with Crippen LogP contribution < -0.4 is 14.8 Å². The predicted octanol–water partition coefficient (Wildman–Crippen LogP) is 0.910. The van der Waals surface area contributed by atoms with Crippen LogP contribution in [0, 0.1) is 10.1 Å². The van der Waals surface area contributed by atoms with Gasteiger partial charge in [-0.25, -0.2) is 0 Å². The molecule has 9 nitrogen and oxygen atoms in total. The van der Waals surface area contributed by atoms with Gasteiger partial charge in [0.25, 0.3) is 5.91 Å². The van der Waals surface area contributed by atoms with E-state index in [1.165, 1.54) is 25.3 Å². The van der Waals surface area contributed by atoms with Gasteiger partial charge >= 0.3 is 5.69 Å². The zero-order valence-corrected chi connectivity index (χ0v) is 16.1. The number of carbonyl (C=O) groups is 1. The largest absolute Gasteiger partial charge is 0.490 e. The van der Waals surface area contributed by atoms with Crippen molar-refractivity contribution in [3.63, 3.8) is 0 Å². The molecule has 2 aliphatic heterocycles. The van der Waals surface area contributed by atoms with Crippen molar-refractivity contribution in [3.05, 3.63) is 28.3 Å². The van der Waals surface area contributed by atoms with Crippen molar-refractivity contribution >= 4 is 24.0 Å². The number of nitrogens with one attached hydrogen (secondary N) is 1. The molecule has 1 amide bonds. The Kier molecular flexibility index (Phi) is 7.64. The number of nitrogens with zero attached hydrogens (tertiary/aromatic N) is 3. The van der Waals surface area contributed by atoms with E-state index in [1.807, 2.05) is 4.90 Å². The predicted molar refractivity (Wildman–Crippen MR) is 102 cm³/mol. The van der Waals surface area contributed by atoms with Gasteiger partial charge in [-0.2, -0.15) is 0 Å². The highest BCUT2D eigenvalue weighted by Crippen LogP contribution is 2.30. The highest BCUT2D eigenvalue weighted by atomic mass is 35.5. The Balaban J connectivity index is 0.00000261. The van der Waals surface area contributed by atoms with Crippen LogP contribution in [0.2, 0.25) is 0 Å². The summed E-state index contributed by atoms with van der Waals surface area (Å²) in [5.74, 6) is 0.415. The molecular weight excluding hydrogens is 376 g/mol. The number of nitro groups is 1. The average molecular weight is 401 g/mol. The smallest absolute Gasteiger partial charge is 0.311 e. The van der Waals surface area contributed by atoms with Crippen molar-refractivity contribution in [2.24, 2.45) is 0 Å². The lowest BCUT2D eigenvalue weighted by atomic mass is 10.2. The van der Waals surface area contributed by atoms with Gasteiger partial charge in [0.05, 0.1) is 12.0 Å². The molecule has 0 radical (unpaired) electrons. The molecule has 1 N–H and O–H groups in total. The SMILES string of the molecule is COc1cc(OCC(=O)N2CCC(N3CCNCC3)C2)ccc1[N+](=O)[O-].Cl. The lowest BCUT2D eigenvalue weighted by Gasteiger charge is -2.32. The fraction of sp³-hybridized carbons (Fsp3) is 0.588. The van der Waals surface area contributed by atoms with Crippen LogP contribution in [0.3, 0.4) is 0 Å². The molecular formula is C17H25ClN4O5. The first-order chi connectivity index (χ1) is 12.6. The number of piperazine rings is 1. The van der Waals surface area contributed by atoms with Crippen molar-refractivity contribution in [3.8, 4) is 11.5 Å². The number of benzene rings is 1. The van der Waals surface area contributed by atoms with Gasteiger partial charge in [-0.15, -0.1) is 12.4 Å². The Morgan fingerprint density at radius 2 is 2.07 bits per heavy atom. The molecule has 10 heteroatoms. The molecule has 2 saturated heterocycles. The highest BCUT2D eigenvalue weighted by Gasteiger charge is 2.31. The van der Waals surface area contributed by atoms with Gasteiger partial charge in [0, 0.05) is 57.4 Å². The molecule has 0 aromatic heterocycles. The Bertz CT molecular complexity index is 669. The Morgan fingerprint density at radius 3 is 2.74 bits per heavy atom. The summed E-state index contributed by atoms with van der Waals surface area (Å²) in [6, 6.07) is 4.63. The quantitative estimate of drug-likeness (QED) is 0.560. The number of likely N-dealkylation sites (tertiary alicyclic amines) is 1. The first-order valence-corrected chi connectivity index (χ1v) is 8.76. The van der Waals surface area contributed by atoms with Crippen molar-refractivity contribution in [1.82, 2.24) is 15.1 Å². The Labute approximate surface area is 164 Å². The van der Waals surface area contributed by atoms with E-state index in [2.05, 4.69) is 10.2 Å². The molecule has 1 unspecified atom stereocenters. The number of halogens is 1. The second kappa shape index (κ2) is 9.72. The number of rotatable bonds is 6. The van der Waals surface area contributed by atoms with Crippen LogP contribution >= 0.6 is 12.4 Å². The lowest BCUT2D eigenvalue weighted by molar-refractivity contribution is -0.385. The second-order valence-corrected chi connectivity index (χ2v) is 6.45. The lowest BCUT2D eigenvalue weighted by Crippen LogP contribution is -2.49. The Morgan fingerprint density at radius 1 is 1.33 bits per heavy atom. The van der Waals surface area contributed by atoms with Crippen LogP contribution in [-0.2, 0) is 4.79 Å². The molecule has 2 heterocycles. The molecule has 0 spiro atoms. The zero-order chi connectivity index (χ0) is 18.5. The average Bonchev–Trinajstić information content (AvgIpc) is 3.16. The van der Waals surface area contributed by atoms with Crippen molar-refractivity contribution in [2.45, 2.75) is 12.5 Å². The van der Waals surface area contributed by atoms with Crippen LogP contribution in [0.1, 0.15) is 6.42 Å². The van der Waals surface area contributed by atoms with E-state index >= 15 is 0 Å².